The van der Waals surface area contributed by atoms with Gasteiger partial charge in [0, 0.05) is 12.0 Å². The third kappa shape index (κ3) is 3.51. The smallest absolute Gasteiger partial charge is 0.164 e. The second kappa shape index (κ2) is 5.87. The lowest BCUT2D eigenvalue weighted by Crippen LogP contribution is -2.09. The van der Waals surface area contributed by atoms with Crippen molar-refractivity contribution in [3.05, 3.63) is 28.8 Å². The van der Waals surface area contributed by atoms with E-state index in [1.165, 1.54) is 0 Å². The molecule has 0 saturated heterocycles. The Kier molecular flexibility index (Phi) is 4.77. The molecule has 0 spiro atoms. The van der Waals surface area contributed by atoms with E-state index in [2.05, 4.69) is 0 Å². The maximum absolute atomic E-state index is 11.6. The molecule has 16 heavy (non-hydrogen) atoms. The fourth-order valence-corrected chi connectivity index (χ4v) is 1.52. The van der Waals surface area contributed by atoms with Crippen molar-refractivity contribution in [3.63, 3.8) is 0 Å². The van der Waals surface area contributed by atoms with Crippen LogP contribution in [0.5, 0.6) is 5.75 Å². The minimum Gasteiger partial charge on any atom is -0.489 e. The number of halogens is 1. The fraction of sp³-hybridized carbons (Fsp3) is 0.417. The maximum Gasteiger partial charge on any atom is 0.164 e. The van der Waals surface area contributed by atoms with E-state index in [1.54, 1.807) is 18.2 Å². The van der Waals surface area contributed by atoms with Crippen molar-refractivity contribution in [2.24, 2.45) is 5.73 Å². The zero-order valence-corrected chi connectivity index (χ0v) is 10.3. The number of hydrogen-bond donors (Lipinski definition) is 1. The number of carbonyl (C=O) groups is 1. The molecule has 1 aromatic rings. The van der Waals surface area contributed by atoms with E-state index in [1.807, 2.05) is 13.8 Å². The monoisotopic (exact) mass is 241 g/mol. The first-order valence-electron chi connectivity index (χ1n) is 5.24. The van der Waals surface area contributed by atoms with Crippen LogP contribution in [-0.2, 0) is 0 Å². The summed E-state index contributed by atoms with van der Waals surface area (Å²) in [7, 11) is 0. The van der Waals surface area contributed by atoms with Gasteiger partial charge in [0.15, 0.2) is 5.78 Å². The van der Waals surface area contributed by atoms with Gasteiger partial charge in [0.25, 0.3) is 0 Å². The number of benzene rings is 1. The molecular formula is C12H16ClNO2. The van der Waals surface area contributed by atoms with Crippen molar-refractivity contribution in [2.75, 3.05) is 6.54 Å². The molecule has 4 heteroatoms. The van der Waals surface area contributed by atoms with Crippen LogP contribution < -0.4 is 10.5 Å². The van der Waals surface area contributed by atoms with E-state index in [0.717, 1.165) is 0 Å². The molecule has 0 aromatic heterocycles. The van der Waals surface area contributed by atoms with Gasteiger partial charge in [0.1, 0.15) is 5.75 Å². The highest BCUT2D eigenvalue weighted by Crippen LogP contribution is 2.26. The molecule has 1 aromatic carbocycles. The third-order valence-corrected chi connectivity index (χ3v) is 2.28. The fourth-order valence-electron chi connectivity index (χ4n) is 1.30. The average Bonchev–Trinajstić information content (AvgIpc) is 2.20. The summed E-state index contributed by atoms with van der Waals surface area (Å²) >= 11 is 6.01. The summed E-state index contributed by atoms with van der Waals surface area (Å²) < 4.78 is 5.47. The van der Waals surface area contributed by atoms with Crippen LogP contribution >= 0.6 is 11.6 Å². The van der Waals surface area contributed by atoms with Crippen LogP contribution in [0.1, 0.15) is 30.6 Å². The topological polar surface area (TPSA) is 52.3 Å². The van der Waals surface area contributed by atoms with Gasteiger partial charge >= 0.3 is 0 Å². The van der Waals surface area contributed by atoms with Crippen LogP contribution in [-0.4, -0.2) is 18.4 Å². The Balaban J connectivity index is 2.86. The molecule has 0 radical (unpaired) electrons. The Hall–Kier alpha value is -1.06. The lowest BCUT2D eigenvalue weighted by molar-refractivity contribution is 0.0985. The van der Waals surface area contributed by atoms with E-state index >= 15 is 0 Å². The van der Waals surface area contributed by atoms with Gasteiger partial charge in [-0.15, -0.1) is 0 Å². The molecule has 0 saturated carbocycles. The molecule has 88 valence electrons. The van der Waals surface area contributed by atoms with Crippen molar-refractivity contribution < 1.29 is 9.53 Å². The molecule has 0 amide bonds. The molecule has 0 unspecified atom stereocenters. The van der Waals surface area contributed by atoms with Crippen molar-refractivity contribution in [1.82, 2.24) is 0 Å². The zero-order valence-electron chi connectivity index (χ0n) is 9.50. The summed E-state index contributed by atoms with van der Waals surface area (Å²) in [5.74, 6) is 0.599. The third-order valence-electron chi connectivity index (χ3n) is 1.99. The Bertz CT molecular complexity index is 377. The molecule has 2 N–H and O–H groups in total. The zero-order chi connectivity index (χ0) is 12.1. The quantitative estimate of drug-likeness (QED) is 0.807. The molecule has 0 aliphatic heterocycles. The van der Waals surface area contributed by atoms with Gasteiger partial charge < -0.3 is 10.5 Å². The van der Waals surface area contributed by atoms with Crippen molar-refractivity contribution >= 4 is 17.4 Å². The predicted molar refractivity (Wildman–Crippen MR) is 65.2 cm³/mol. The summed E-state index contributed by atoms with van der Waals surface area (Å²) in [4.78, 5) is 11.6. The summed E-state index contributed by atoms with van der Waals surface area (Å²) in [6.07, 6.45) is 0.392. The second-order valence-corrected chi connectivity index (χ2v) is 4.18. The number of carbonyl (C=O) groups excluding carboxylic acids is 1. The highest BCUT2D eigenvalue weighted by Gasteiger charge is 2.09. The van der Waals surface area contributed by atoms with E-state index < -0.39 is 0 Å². The standard InChI is InChI=1S/C12H16ClNO2/c1-8(2)16-12-4-3-9(7-10(12)13)11(15)5-6-14/h3-4,7-8H,5-6,14H2,1-2H3. The number of ether oxygens (including phenoxy) is 1. The first-order chi connectivity index (χ1) is 7.54. The number of nitrogens with two attached hydrogens (primary N) is 1. The minimum atomic E-state index is 0.000460. The van der Waals surface area contributed by atoms with Crippen molar-refractivity contribution in [3.8, 4) is 5.75 Å². The molecule has 0 heterocycles. The molecule has 0 atom stereocenters. The van der Waals surface area contributed by atoms with Crippen LogP contribution in [0.3, 0.4) is 0 Å². The van der Waals surface area contributed by atoms with Gasteiger partial charge in [-0.25, -0.2) is 0 Å². The van der Waals surface area contributed by atoms with Crippen molar-refractivity contribution in [1.29, 1.82) is 0 Å². The number of hydrogen-bond acceptors (Lipinski definition) is 3. The van der Waals surface area contributed by atoms with Gasteiger partial charge in [0.05, 0.1) is 11.1 Å². The Morgan fingerprint density at radius 1 is 1.50 bits per heavy atom. The number of Topliss-reactive ketones (excluding diaryl/α,β-unsaturated/α-hetero) is 1. The number of ketones is 1. The first-order valence-corrected chi connectivity index (χ1v) is 5.62. The van der Waals surface area contributed by atoms with Gasteiger partial charge in [-0.1, -0.05) is 11.6 Å². The number of rotatable bonds is 5. The summed E-state index contributed by atoms with van der Waals surface area (Å²) in [6.45, 7) is 4.19. The van der Waals surface area contributed by atoms with E-state index in [9.17, 15) is 4.79 Å². The molecule has 0 fully saturated rings. The van der Waals surface area contributed by atoms with Crippen LogP contribution in [0.25, 0.3) is 0 Å². The summed E-state index contributed by atoms with van der Waals surface area (Å²) in [5.41, 5.74) is 5.90. The lowest BCUT2D eigenvalue weighted by atomic mass is 10.1. The normalized spacial score (nSPS) is 10.6. The van der Waals surface area contributed by atoms with Gasteiger partial charge in [0.2, 0.25) is 0 Å². The van der Waals surface area contributed by atoms with Gasteiger partial charge in [-0.2, -0.15) is 0 Å². The SMILES string of the molecule is CC(C)Oc1ccc(C(=O)CCN)cc1Cl. The largest absolute Gasteiger partial charge is 0.489 e. The predicted octanol–water partition coefficient (Wildman–Crippen LogP) is 2.66. The molecule has 3 nitrogen and oxygen atoms in total. The molecule has 1 rings (SSSR count). The molecule has 0 bridgehead atoms. The lowest BCUT2D eigenvalue weighted by Gasteiger charge is -2.11. The average molecular weight is 242 g/mol. The van der Waals surface area contributed by atoms with Crippen LogP contribution in [0.4, 0.5) is 0 Å². The Morgan fingerprint density at radius 2 is 2.19 bits per heavy atom. The Morgan fingerprint density at radius 3 is 2.69 bits per heavy atom. The van der Waals surface area contributed by atoms with Gasteiger partial charge in [-0.05, 0) is 38.6 Å². The second-order valence-electron chi connectivity index (χ2n) is 3.77. The summed E-state index contributed by atoms with van der Waals surface area (Å²) in [6, 6.07) is 5.05. The van der Waals surface area contributed by atoms with E-state index in [-0.39, 0.29) is 11.9 Å². The highest BCUT2D eigenvalue weighted by molar-refractivity contribution is 6.32. The van der Waals surface area contributed by atoms with Crippen molar-refractivity contribution in [2.45, 2.75) is 26.4 Å². The molecule has 0 aliphatic carbocycles. The highest BCUT2D eigenvalue weighted by atomic mass is 35.5. The van der Waals surface area contributed by atoms with Crippen LogP contribution in [0.2, 0.25) is 5.02 Å². The van der Waals surface area contributed by atoms with Gasteiger partial charge in [-0.3, -0.25) is 4.79 Å². The Labute approximate surface area is 101 Å². The van der Waals surface area contributed by atoms with E-state index in [4.69, 9.17) is 22.1 Å². The minimum absolute atomic E-state index is 0.000460. The first kappa shape index (κ1) is 13.0. The van der Waals surface area contributed by atoms with Crippen LogP contribution in [0.15, 0.2) is 18.2 Å². The maximum atomic E-state index is 11.6. The molecular weight excluding hydrogens is 226 g/mol. The van der Waals surface area contributed by atoms with Crippen LogP contribution in [0, 0.1) is 0 Å². The molecule has 0 aliphatic rings. The van der Waals surface area contributed by atoms with E-state index in [0.29, 0.717) is 29.3 Å². The summed E-state index contributed by atoms with van der Waals surface area (Å²) in [5, 5.41) is 0.455.